The molecule has 2 aliphatic heterocycles. The molecule has 2 saturated heterocycles. The third-order valence-electron chi connectivity index (χ3n) is 5.96. The van der Waals surface area contributed by atoms with E-state index in [4.69, 9.17) is 11.0 Å². The van der Waals surface area contributed by atoms with Gasteiger partial charge in [-0.15, -0.1) is 0 Å². The fraction of sp³-hybridized carbons (Fsp3) is 0.391. The summed E-state index contributed by atoms with van der Waals surface area (Å²) in [5.74, 6) is 2.16. The summed E-state index contributed by atoms with van der Waals surface area (Å²) in [4.78, 5) is 18.4. The average molecular weight is 402 g/mol. The van der Waals surface area contributed by atoms with Crippen molar-refractivity contribution in [3.05, 3.63) is 60.3 Å². The highest BCUT2D eigenvalue weighted by Crippen LogP contribution is 2.34. The number of para-hydroxylation sites is 1. The maximum atomic E-state index is 9.14. The number of hydrogen-bond acceptors (Lipinski definition) is 7. The number of piperidine rings is 1. The molecule has 3 heterocycles. The summed E-state index contributed by atoms with van der Waals surface area (Å²) >= 11 is 0. The first-order chi connectivity index (χ1) is 14.6. The normalized spacial score (nSPS) is 18.1. The number of rotatable bonds is 5. The second kappa shape index (κ2) is 8.54. The van der Waals surface area contributed by atoms with Crippen molar-refractivity contribution in [2.45, 2.75) is 25.7 Å². The number of anilines is 2. The molecule has 2 N–H and O–H groups in total. The van der Waals surface area contributed by atoms with Gasteiger partial charge in [-0.2, -0.15) is 5.26 Å². The van der Waals surface area contributed by atoms with Gasteiger partial charge in [-0.1, -0.05) is 24.8 Å². The third-order valence-corrected chi connectivity index (χ3v) is 5.96. The molecule has 0 amide bonds. The molecule has 7 heteroatoms. The van der Waals surface area contributed by atoms with Crippen LogP contribution in [0.5, 0.6) is 0 Å². The van der Waals surface area contributed by atoms with Crippen LogP contribution < -0.4 is 10.6 Å². The Morgan fingerprint density at radius 2 is 1.90 bits per heavy atom. The molecule has 2 fully saturated rings. The Morgan fingerprint density at radius 1 is 1.20 bits per heavy atom. The van der Waals surface area contributed by atoms with Gasteiger partial charge >= 0.3 is 0 Å². The van der Waals surface area contributed by atoms with Crippen LogP contribution in [0.2, 0.25) is 0 Å². The van der Waals surface area contributed by atoms with E-state index in [1.165, 1.54) is 0 Å². The number of nitrogens with zero attached hydrogens (tertiary/aromatic N) is 6. The first-order valence-corrected chi connectivity index (χ1v) is 10.4. The minimum atomic E-state index is 0.156. The second-order valence-corrected chi connectivity index (χ2v) is 7.96. The van der Waals surface area contributed by atoms with Crippen molar-refractivity contribution in [1.82, 2.24) is 14.9 Å². The largest absolute Gasteiger partial charge is 0.398 e. The maximum absolute atomic E-state index is 9.14. The molecule has 0 aliphatic carbocycles. The minimum Gasteiger partial charge on any atom is -0.398 e. The Balaban J connectivity index is 1.41. The molecule has 154 valence electrons. The predicted molar refractivity (Wildman–Crippen MR) is 119 cm³/mol. The van der Waals surface area contributed by atoms with Gasteiger partial charge in [0, 0.05) is 67.4 Å². The van der Waals surface area contributed by atoms with E-state index in [2.05, 4.69) is 37.4 Å². The second-order valence-electron chi connectivity index (χ2n) is 7.96. The van der Waals surface area contributed by atoms with Crippen molar-refractivity contribution in [3.8, 4) is 6.07 Å². The number of benzene rings is 1. The van der Waals surface area contributed by atoms with E-state index in [1.807, 2.05) is 31.2 Å². The number of nitrogen functional groups attached to an aromatic ring is 1. The van der Waals surface area contributed by atoms with Crippen LogP contribution in [0.4, 0.5) is 11.5 Å². The molecule has 0 bridgehead atoms. The topological polar surface area (TPSA) is 94.4 Å². The van der Waals surface area contributed by atoms with E-state index in [9.17, 15) is 0 Å². The minimum absolute atomic E-state index is 0.156. The van der Waals surface area contributed by atoms with Crippen molar-refractivity contribution in [2.24, 2.45) is 10.9 Å². The summed E-state index contributed by atoms with van der Waals surface area (Å²) in [7, 11) is 0. The van der Waals surface area contributed by atoms with Gasteiger partial charge in [0.1, 0.15) is 5.82 Å². The Bertz CT molecular complexity index is 993. The summed E-state index contributed by atoms with van der Waals surface area (Å²) in [6.45, 7) is 9.46. The van der Waals surface area contributed by atoms with E-state index in [-0.39, 0.29) is 5.92 Å². The highest BCUT2D eigenvalue weighted by molar-refractivity contribution is 6.03. The van der Waals surface area contributed by atoms with Crippen molar-refractivity contribution in [3.63, 3.8) is 0 Å². The van der Waals surface area contributed by atoms with Gasteiger partial charge in [0.15, 0.2) is 5.82 Å². The van der Waals surface area contributed by atoms with E-state index < -0.39 is 0 Å². The Morgan fingerprint density at radius 3 is 2.60 bits per heavy atom. The van der Waals surface area contributed by atoms with Crippen molar-refractivity contribution < 1.29 is 0 Å². The molecule has 1 aromatic heterocycles. The SMILES string of the molecule is C=C(/N=C(/C)c1ccccc1N)N1CC(c2nccnc2N2CCC(C#N)CC2)C1. The van der Waals surface area contributed by atoms with Crippen molar-refractivity contribution >= 4 is 17.2 Å². The highest BCUT2D eigenvalue weighted by Gasteiger charge is 2.34. The molecule has 2 aliphatic rings. The van der Waals surface area contributed by atoms with Gasteiger partial charge in [0.25, 0.3) is 0 Å². The van der Waals surface area contributed by atoms with Crippen LogP contribution in [0.15, 0.2) is 54.1 Å². The van der Waals surface area contributed by atoms with E-state index in [1.54, 1.807) is 12.4 Å². The number of aliphatic imine (C=N–C) groups is 1. The Kier molecular flexibility index (Phi) is 5.66. The van der Waals surface area contributed by atoms with E-state index >= 15 is 0 Å². The quantitative estimate of drug-likeness (QED) is 0.611. The van der Waals surface area contributed by atoms with Crippen LogP contribution in [0.25, 0.3) is 0 Å². The zero-order chi connectivity index (χ0) is 21.1. The number of hydrogen-bond donors (Lipinski definition) is 1. The molecule has 0 unspecified atom stereocenters. The standard InChI is InChI=1S/C23H27N7/c1-16(20-5-3-4-6-21(20)25)28-17(2)30-14-19(15-30)22-23(27-10-9-26-22)29-11-7-18(13-24)8-12-29/h3-6,9-10,18-19H,2,7-8,11-12,14-15,25H2,1H3/b28-16-. The smallest absolute Gasteiger partial charge is 0.150 e. The summed E-state index contributed by atoms with van der Waals surface area (Å²) in [6.07, 6.45) is 5.29. The lowest BCUT2D eigenvalue weighted by molar-refractivity contribution is 0.194. The maximum Gasteiger partial charge on any atom is 0.150 e. The molecule has 0 saturated carbocycles. The van der Waals surface area contributed by atoms with Crippen LogP contribution >= 0.6 is 0 Å². The number of nitrogens with two attached hydrogens (primary N) is 1. The Labute approximate surface area is 177 Å². The van der Waals surface area contributed by atoms with E-state index in [0.717, 1.165) is 73.3 Å². The fourth-order valence-electron chi connectivity index (χ4n) is 4.11. The molecule has 30 heavy (non-hydrogen) atoms. The summed E-state index contributed by atoms with van der Waals surface area (Å²) in [5.41, 5.74) is 9.61. The average Bonchev–Trinajstić information content (AvgIpc) is 2.73. The van der Waals surface area contributed by atoms with E-state index in [0.29, 0.717) is 5.92 Å². The number of nitriles is 1. The number of aromatic nitrogens is 2. The fourth-order valence-corrected chi connectivity index (χ4v) is 4.11. The molecule has 0 radical (unpaired) electrons. The summed E-state index contributed by atoms with van der Waals surface area (Å²) in [5, 5.41) is 9.14. The molecular formula is C23H27N7. The molecule has 0 spiro atoms. The zero-order valence-electron chi connectivity index (χ0n) is 17.3. The zero-order valence-corrected chi connectivity index (χ0v) is 17.3. The Hall–Kier alpha value is -3.40. The molecule has 1 aromatic carbocycles. The number of likely N-dealkylation sites (tertiary alicyclic amines) is 1. The molecule has 0 atom stereocenters. The molecule has 4 rings (SSSR count). The van der Waals surface area contributed by atoms with Crippen molar-refractivity contribution in [2.75, 3.05) is 36.8 Å². The van der Waals surface area contributed by atoms with Gasteiger partial charge < -0.3 is 15.5 Å². The van der Waals surface area contributed by atoms with Crippen LogP contribution in [-0.4, -0.2) is 46.8 Å². The van der Waals surface area contributed by atoms with Gasteiger partial charge in [-0.3, -0.25) is 4.98 Å². The predicted octanol–water partition coefficient (Wildman–Crippen LogP) is 3.18. The highest BCUT2D eigenvalue weighted by atomic mass is 15.3. The van der Waals surface area contributed by atoms with Gasteiger partial charge in [-0.25, -0.2) is 9.98 Å². The van der Waals surface area contributed by atoms with Gasteiger partial charge in [0.05, 0.1) is 11.8 Å². The molecule has 2 aromatic rings. The van der Waals surface area contributed by atoms with Gasteiger partial charge in [0.2, 0.25) is 0 Å². The third kappa shape index (κ3) is 3.99. The molecule has 7 nitrogen and oxygen atoms in total. The summed E-state index contributed by atoms with van der Waals surface area (Å²) < 4.78 is 0. The van der Waals surface area contributed by atoms with Crippen LogP contribution in [-0.2, 0) is 0 Å². The monoisotopic (exact) mass is 401 g/mol. The first-order valence-electron chi connectivity index (χ1n) is 10.4. The van der Waals surface area contributed by atoms with Crippen LogP contribution in [0.3, 0.4) is 0 Å². The van der Waals surface area contributed by atoms with Gasteiger partial charge in [-0.05, 0) is 25.8 Å². The van der Waals surface area contributed by atoms with Crippen molar-refractivity contribution in [1.29, 1.82) is 5.26 Å². The first kappa shape index (κ1) is 19.9. The lowest BCUT2D eigenvalue weighted by atomic mass is 9.94. The van der Waals surface area contributed by atoms with Crippen LogP contribution in [0.1, 0.15) is 36.9 Å². The lowest BCUT2D eigenvalue weighted by Gasteiger charge is -2.42. The summed E-state index contributed by atoms with van der Waals surface area (Å²) in [6, 6.07) is 10.1. The molecular weight excluding hydrogens is 374 g/mol. The van der Waals surface area contributed by atoms with Crippen LogP contribution in [0, 0.1) is 17.2 Å². The lowest BCUT2D eigenvalue weighted by Crippen LogP contribution is -2.45.